The normalized spacial score (nSPS) is 12.9. The zero-order valence-electron chi connectivity index (χ0n) is 28.9. The number of likely N-dealkylation sites (N-methyl/N-ethyl adjacent to an activating group) is 1. The molecular formula is C35H36Cl2F2N8O5S. The zero-order valence-corrected chi connectivity index (χ0v) is 31.3. The van der Waals surface area contributed by atoms with Gasteiger partial charge >= 0.3 is 12.1 Å². The van der Waals surface area contributed by atoms with Gasteiger partial charge in [0.15, 0.2) is 0 Å². The number of ether oxygens (including phenoxy) is 2. The smallest absolute Gasteiger partial charge is 0.418 e. The number of carbonyl (C=O) groups excluding carboxylic acids is 2. The summed E-state index contributed by atoms with van der Waals surface area (Å²) in [4.78, 5) is 35.1. The van der Waals surface area contributed by atoms with Crippen LogP contribution < -0.4 is 27.2 Å². The third kappa shape index (κ3) is 9.89. The minimum Gasteiger partial charge on any atom is -1.00 e. The van der Waals surface area contributed by atoms with E-state index in [1.165, 1.54) is 57.5 Å². The van der Waals surface area contributed by atoms with Crippen LogP contribution in [-0.4, -0.2) is 57.6 Å². The maximum Gasteiger partial charge on any atom is 0.418 e. The van der Waals surface area contributed by atoms with E-state index in [1.54, 1.807) is 62.7 Å². The van der Waals surface area contributed by atoms with E-state index in [-0.39, 0.29) is 55.9 Å². The number of thiazole rings is 1. The number of nitrogens with zero attached hydrogens (tertiary/aromatic N) is 7. The summed E-state index contributed by atoms with van der Waals surface area (Å²) in [5, 5.41) is 30.7. The van der Waals surface area contributed by atoms with Crippen molar-refractivity contribution in [2.45, 2.75) is 44.7 Å². The molecule has 5 aromatic rings. The quantitative estimate of drug-likeness (QED) is 0.134. The van der Waals surface area contributed by atoms with Gasteiger partial charge in [0, 0.05) is 59.3 Å². The fraction of sp³-hybridized carbons (Fsp3) is 0.286. The molecule has 1 unspecified atom stereocenters. The van der Waals surface area contributed by atoms with Crippen LogP contribution in [0.25, 0.3) is 11.3 Å². The summed E-state index contributed by atoms with van der Waals surface area (Å²) in [5.41, 5.74) is 0.234. The summed E-state index contributed by atoms with van der Waals surface area (Å²) in [7, 11) is 3.09. The van der Waals surface area contributed by atoms with E-state index in [9.17, 15) is 19.1 Å². The second-order valence-corrected chi connectivity index (χ2v) is 12.5. The van der Waals surface area contributed by atoms with Crippen LogP contribution in [0.3, 0.4) is 0 Å². The molecule has 2 N–H and O–H groups in total. The van der Waals surface area contributed by atoms with Gasteiger partial charge in [0.05, 0.1) is 28.9 Å². The monoisotopic (exact) mass is 788 g/mol. The number of nitriles is 1. The lowest BCUT2D eigenvalue weighted by Gasteiger charge is -2.32. The predicted octanol–water partition coefficient (Wildman–Crippen LogP) is 2.01. The van der Waals surface area contributed by atoms with E-state index in [0.29, 0.717) is 27.9 Å². The van der Waals surface area contributed by atoms with Crippen molar-refractivity contribution >= 4 is 41.6 Å². The van der Waals surface area contributed by atoms with Crippen LogP contribution in [0.2, 0.25) is 0 Å². The van der Waals surface area contributed by atoms with Gasteiger partial charge in [-0.1, -0.05) is 31.2 Å². The van der Waals surface area contributed by atoms with E-state index < -0.39 is 41.4 Å². The second-order valence-electron chi connectivity index (χ2n) is 11.6. The Labute approximate surface area is 320 Å². The average Bonchev–Trinajstić information content (AvgIpc) is 3.81. The van der Waals surface area contributed by atoms with E-state index in [0.717, 1.165) is 11.6 Å². The van der Waals surface area contributed by atoms with Crippen LogP contribution in [-0.2, 0) is 33.0 Å². The lowest BCUT2D eigenvalue weighted by Crippen LogP contribution is -3.00. The van der Waals surface area contributed by atoms with Crippen LogP contribution in [0, 0.1) is 23.0 Å². The number of hydrogen-bond acceptors (Lipinski definition) is 11. The van der Waals surface area contributed by atoms with E-state index >= 15 is 4.39 Å². The Morgan fingerprint density at radius 2 is 1.92 bits per heavy atom. The first-order valence-electron chi connectivity index (χ1n) is 15.7. The maximum absolute atomic E-state index is 15.3. The van der Waals surface area contributed by atoms with Gasteiger partial charge in [-0.05, 0) is 31.3 Å². The largest absolute Gasteiger partial charge is 1.00 e. The Balaban J connectivity index is 0.00000378. The topological polar surface area (TPSA) is 159 Å². The molecule has 280 valence electrons. The van der Waals surface area contributed by atoms with Crippen LogP contribution in [0.15, 0.2) is 78.8 Å². The van der Waals surface area contributed by atoms with Gasteiger partial charge in [-0.25, -0.2) is 23.5 Å². The third-order valence-electron chi connectivity index (χ3n) is 8.18. The van der Waals surface area contributed by atoms with E-state index in [4.69, 9.17) is 19.7 Å². The number of aliphatic hydroxyl groups is 1. The van der Waals surface area contributed by atoms with E-state index in [1.807, 2.05) is 0 Å². The number of halogens is 4. The molecule has 3 atom stereocenters. The highest BCUT2D eigenvalue weighted by molar-refractivity contribution is 7.10. The SMILES string of the molecule is CNCC(=O)OCc1cccnc1N(C)C(=O)OC(C)[n+]1cnn(C[C@](O)(c2ccc(F)cc2F)[C@@H](C)c2nc(-c3ccc(C#N)cc3)cs2)c1.Cl.[Cl-]. The first kappa shape index (κ1) is 42.4. The lowest BCUT2D eigenvalue weighted by atomic mass is 9.82. The molecule has 0 aliphatic carbocycles. The fourth-order valence-electron chi connectivity index (χ4n) is 5.26. The minimum atomic E-state index is -1.96. The summed E-state index contributed by atoms with van der Waals surface area (Å²) in [6.07, 6.45) is 2.70. The Bertz CT molecular complexity index is 2060. The number of esters is 1. The van der Waals surface area contributed by atoms with Crippen molar-refractivity contribution in [3.63, 3.8) is 0 Å². The Hall–Kier alpha value is -5.05. The molecule has 3 heterocycles. The molecule has 0 saturated carbocycles. The molecule has 13 nitrogen and oxygen atoms in total. The van der Waals surface area contributed by atoms with Crippen molar-refractivity contribution in [1.29, 1.82) is 5.26 Å². The van der Waals surface area contributed by atoms with Crippen LogP contribution >= 0.6 is 23.7 Å². The average molecular weight is 790 g/mol. The van der Waals surface area contributed by atoms with Crippen molar-refractivity contribution in [2.24, 2.45) is 0 Å². The molecule has 2 aromatic carbocycles. The summed E-state index contributed by atoms with van der Waals surface area (Å²) < 4.78 is 43.0. The predicted molar refractivity (Wildman–Crippen MR) is 188 cm³/mol. The molecule has 18 heteroatoms. The number of amides is 1. The number of rotatable bonds is 13. The van der Waals surface area contributed by atoms with Gasteiger partial charge in [0.25, 0.3) is 6.33 Å². The van der Waals surface area contributed by atoms with Gasteiger partial charge in [-0.3, -0.25) is 9.69 Å². The molecule has 0 fully saturated rings. The highest BCUT2D eigenvalue weighted by Crippen LogP contribution is 2.41. The zero-order chi connectivity index (χ0) is 36.7. The Morgan fingerprint density at radius 3 is 2.60 bits per heavy atom. The number of anilines is 1. The number of nitrogens with one attached hydrogen (secondary N) is 1. The Morgan fingerprint density at radius 1 is 1.19 bits per heavy atom. The van der Waals surface area contributed by atoms with Gasteiger partial charge in [0.2, 0.25) is 12.6 Å². The molecule has 0 saturated heterocycles. The van der Waals surface area contributed by atoms with Gasteiger partial charge < -0.3 is 32.3 Å². The molecule has 5 rings (SSSR count). The molecule has 0 radical (unpaired) electrons. The van der Waals surface area contributed by atoms with Crippen LogP contribution in [0.5, 0.6) is 0 Å². The number of hydrogen-bond donors (Lipinski definition) is 2. The third-order valence-corrected chi connectivity index (χ3v) is 9.21. The maximum atomic E-state index is 15.3. The van der Waals surface area contributed by atoms with Crippen molar-refractivity contribution in [2.75, 3.05) is 25.5 Å². The molecule has 3 aromatic heterocycles. The second kappa shape index (κ2) is 18.6. The van der Waals surface area contributed by atoms with Crippen molar-refractivity contribution in [3.8, 4) is 17.3 Å². The molecule has 0 bridgehead atoms. The number of aromatic nitrogens is 5. The summed E-state index contributed by atoms with van der Waals surface area (Å²) in [6, 6.07) is 15.2. The first-order chi connectivity index (χ1) is 24.4. The highest BCUT2D eigenvalue weighted by atomic mass is 35.5. The summed E-state index contributed by atoms with van der Waals surface area (Å²) in [5.74, 6) is -2.78. The van der Waals surface area contributed by atoms with E-state index in [2.05, 4.69) is 21.5 Å². The van der Waals surface area contributed by atoms with Gasteiger partial charge in [-0.15, -0.1) is 28.4 Å². The standard InChI is InChI=1S/C35H35F2N8O5S.2ClH/c1-22(33-42-30(18-51-33)25-9-7-24(15-38)8-10-25)35(48,28-12-11-27(36)14-29(28)37)19-45-21-44(20-41-45)23(2)50-34(47)43(4)32-26(6-5-13-40-32)17-49-31(46)16-39-3;;/h5-14,18,20-23,39,48H,16-17,19H2,1-4H3;2*1H/q+1;;/p-1/t22-,23?,35+;;/m0../s1. The van der Waals surface area contributed by atoms with Crippen LogP contribution in [0.4, 0.5) is 19.4 Å². The molecule has 0 aliphatic heterocycles. The number of carbonyl (C=O) groups is 2. The highest BCUT2D eigenvalue weighted by Gasteiger charge is 2.43. The van der Waals surface area contributed by atoms with Crippen molar-refractivity contribution < 1.29 is 49.9 Å². The molecule has 0 aliphatic rings. The number of pyridine rings is 1. The van der Waals surface area contributed by atoms with Gasteiger partial charge in [0.1, 0.15) is 36.2 Å². The number of benzene rings is 2. The summed E-state index contributed by atoms with van der Waals surface area (Å²) >= 11 is 1.27. The molecule has 1 amide bonds. The fourth-order valence-corrected chi connectivity index (χ4v) is 6.23. The van der Waals surface area contributed by atoms with Crippen molar-refractivity contribution in [3.05, 3.63) is 112 Å². The molecular weight excluding hydrogens is 753 g/mol. The molecule has 53 heavy (non-hydrogen) atoms. The van der Waals surface area contributed by atoms with Crippen LogP contribution in [0.1, 0.15) is 47.7 Å². The lowest BCUT2D eigenvalue weighted by molar-refractivity contribution is -0.753. The van der Waals surface area contributed by atoms with Gasteiger partial charge in [-0.2, -0.15) is 9.83 Å². The minimum absolute atomic E-state index is 0. The summed E-state index contributed by atoms with van der Waals surface area (Å²) in [6.45, 7) is 2.93. The van der Waals surface area contributed by atoms with Crippen molar-refractivity contribution in [1.82, 2.24) is 25.1 Å². The Kier molecular flexibility index (Phi) is 14.9. The molecule has 0 spiro atoms. The first-order valence-corrected chi connectivity index (χ1v) is 16.6.